The van der Waals surface area contributed by atoms with Crippen LogP contribution in [0.25, 0.3) is 17.1 Å². The number of nitrogen functional groups attached to an aromatic ring is 1. The van der Waals surface area contributed by atoms with Crippen molar-refractivity contribution in [2.45, 2.75) is 31.6 Å². The molecule has 3 heterocycles. The van der Waals surface area contributed by atoms with Crippen molar-refractivity contribution in [3.05, 3.63) is 42.6 Å². The van der Waals surface area contributed by atoms with Crippen LogP contribution < -0.4 is 10.5 Å². The topological polar surface area (TPSA) is 138 Å². The standard InChI is InChI=1S/C20H25N7O3S/c1-14-3-4-15(31(28,29)25-11-20(2)5-7-30-8-6-20)9-16(14)17-10-23-18(21)19(26-17)27-13-22-12-24-27/h3-4,9-10,12-13,25H,5-8,11H2,1-2H3,(H2,21,23). The molecule has 1 aromatic carbocycles. The van der Waals surface area contributed by atoms with Gasteiger partial charge in [-0.15, -0.1) is 0 Å². The van der Waals surface area contributed by atoms with Crippen LogP contribution >= 0.6 is 0 Å². The Bertz CT molecular complexity index is 1170. The normalized spacial score (nSPS) is 16.3. The highest BCUT2D eigenvalue weighted by Gasteiger charge is 2.29. The predicted molar refractivity (Wildman–Crippen MR) is 115 cm³/mol. The predicted octanol–water partition coefficient (Wildman–Crippen LogP) is 1.71. The Morgan fingerprint density at radius 3 is 2.77 bits per heavy atom. The van der Waals surface area contributed by atoms with Crippen molar-refractivity contribution in [1.82, 2.24) is 29.5 Å². The van der Waals surface area contributed by atoms with Gasteiger partial charge in [0.05, 0.1) is 16.8 Å². The van der Waals surface area contributed by atoms with Crippen molar-refractivity contribution in [2.24, 2.45) is 5.41 Å². The van der Waals surface area contributed by atoms with E-state index in [-0.39, 0.29) is 16.1 Å². The Labute approximate surface area is 180 Å². The van der Waals surface area contributed by atoms with Crippen molar-refractivity contribution in [3.63, 3.8) is 0 Å². The number of hydrogen-bond donors (Lipinski definition) is 2. The minimum absolute atomic E-state index is 0.117. The van der Waals surface area contributed by atoms with Crippen LogP contribution in [0.5, 0.6) is 0 Å². The van der Waals surface area contributed by atoms with Crippen molar-refractivity contribution >= 4 is 15.8 Å². The van der Waals surface area contributed by atoms with Gasteiger partial charge in [-0.25, -0.2) is 28.1 Å². The smallest absolute Gasteiger partial charge is 0.240 e. The first-order valence-electron chi connectivity index (χ1n) is 9.93. The summed E-state index contributed by atoms with van der Waals surface area (Å²) in [7, 11) is -3.70. The van der Waals surface area contributed by atoms with E-state index in [9.17, 15) is 8.42 Å². The lowest BCUT2D eigenvalue weighted by atomic mass is 9.83. The van der Waals surface area contributed by atoms with Crippen LogP contribution in [-0.4, -0.2) is 52.9 Å². The summed E-state index contributed by atoms with van der Waals surface area (Å²) in [6.07, 6.45) is 6.00. The molecule has 0 saturated carbocycles. The zero-order valence-corrected chi connectivity index (χ0v) is 18.3. The summed E-state index contributed by atoms with van der Waals surface area (Å²) < 4.78 is 35.6. The molecule has 3 N–H and O–H groups in total. The van der Waals surface area contributed by atoms with Crippen LogP contribution in [0.4, 0.5) is 5.82 Å². The Balaban J connectivity index is 1.64. The maximum atomic E-state index is 13.0. The van der Waals surface area contributed by atoms with Gasteiger partial charge in [0.25, 0.3) is 0 Å². The molecule has 31 heavy (non-hydrogen) atoms. The lowest BCUT2D eigenvalue weighted by Gasteiger charge is -2.33. The molecule has 1 fully saturated rings. The minimum Gasteiger partial charge on any atom is -0.381 e. The van der Waals surface area contributed by atoms with Gasteiger partial charge in [0.15, 0.2) is 11.6 Å². The van der Waals surface area contributed by atoms with E-state index in [1.807, 2.05) is 6.92 Å². The molecule has 0 unspecified atom stereocenters. The molecule has 3 aromatic rings. The quantitative estimate of drug-likeness (QED) is 0.587. The van der Waals surface area contributed by atoms with Crippen LogP contribution in [0, 0.1) is 12.3 Å². The monoisotopic (exact) mass is 443 g/mol. The fourth-order valence-electron chi connectivity index (χ4n) is 3.44. The first kappa shape index (κ1) is 21.3. The van der Waals surface area contributed by atoms with E-state index in [0.717, 1.165) is 18.4 Å². The molecule has 0 bridgehead atoms. The summed E-state index contributed by atoms with van der Waals surface area (Å²) in [4.78, 5) is 12.8. The molecule has 0 radical (unpaired) electrons. The molecule has 1 aliphatic rings. The summed E-state index contributed by atoms with van der Waals surface area (Å²) >= 11 is 0. The Morgan fingerprint density at radius 1 is 1.29 bits per heavy atom. The van der Waals surface area contributed by atoms with Crippen LogP contribution in [-0.2, 0) is 14.8 Å². The fraction of sp³-hybridized carbons (Fsp3) is 0.400. The summed E-state index contributed by atoms with van der Waals surface area (Å²) in [5.41, 5.74) is 7.82. The summed E-state index contributed by atoms with van der Waals surface area (Å²) in [5, 5.41) is 4.04. The van der Waals surface area contributed by atoms with Crippen LogP contribution in [0.3, 0.4) is 0 Å². The zero-order valence-electron chi connectivity index (χ0n) is 17.4. The van der Waals surface area contributed by atoms with E-state index in [0.29, 0.717) is 36.8 Å². The van der Waals surface area contributed by atoms with Gasteiger partial charge in [-0.2, -0.15) is 9.78 Å². The molecule has 1 saturated heterocycles. The Morgan fingerprint density at radius 2 is 2.06 bits per heavy atom. The number of nitrogens with zero attached hydrogens (tertiary/aromatic N) is 5. The third kappa shape index (κ3) is 4.58. The molecule has 1 aliphatic heterocycles. The summed E-state index contributed by atoms with van der Waals surface area (Å²) in [5.74, 6) is 0.523. The van der Waals surface area contributed by atoms with E-state index in [1.54, 1.807) is 18.2 Å². The molecular formula is C20H25N7O3S. The fourth-order valence-corrected chi connectivity index (χ4v) is 4.67. The number of aryl methyl sites for hydroxylation is 1. The Kier molecular flexibility index (Phi) is 5.73. The van der Waals surface area contributed by atoms with Crippen LogP contribution in [0.2, 0.25) is 0 Å². The second kappa shape index (κ2) is 8.33. The van der Waals surface area contributed by atoms with E-state index >= 15 is 0 Å². The summed E-state index contributed by atoms with van der Waals surface area (Å²) in [6.45, 7) is 5.62. The molecule has 4 rings (SSSR count). The number of aromatic nitrogens is 5. The number of ether oxygens (including phenoxy) is 1. The molecule has 10 nitrogen and oxygen atoms in total. The first-order chi connectivity index (χ1) is 14.8. The molecular weight excluding hydrogens is 418 g/mol. The van der Waals surface area contributed by atoms with E-state index in [1.165, 1.54) is 23.5 Å². The third-order valence-electron chi connectivity index (χ3n) is 5.60. The minimum atomic E-state index is -3.70. The lowest BCUT2D eigenvalue weighted by molar-refractivity contribution is 0.0265. The summed E-state index contributed by atoms with van der Waals surface area (Å²) in [6, 6.07) is 4.96. The van der Waals surface area contributed by atoms with Crippen molar-refractivity contribution < 1.29 is 13.2 Å². The molecule has 11 heteroatoms. The van der Waals surface area contributed by atoms with Crippen molar-refractivity contribution in [2.75, 3.05) is 25.5 Å². The maximum Gasteiger partial charge on any atom is 0.240 e. The average molecular weight is 444 g/mol. The molecule has 0 spiro atoms. The van der Waals surface area contributed by atoms with Gasteiger partial charge in [0, 0.05) is 25.3 Å². The van der Waals surface area contributed by atoms with E-state index in [4.69, 9.17) is 10.5 Å². The van der Waals surface area contributed by atoms with Crippen molar-refractivity contribution in [3.8, 4) is 17.1 Å². The van der Waals surface area contributed by atoms with Gasteiger partial charge < -0.3 is 10.5 Å². The second-order valence-corrected chi connectivity index (χ2v) is 9.80. The van der Waals surface area contributed by atoms with Gasteiger partial charge in [-0.1, -0.05) is 13.0 Å². The number of rotatable bonds is 6. The van der Waals surface area contributed by atoms with Gasteiger partial charge in [0.1, 0.15) is 12.7 Å². The number of benzene rings is 1. The average Bonchev–Trinajstić information content (AvgIpc) is 3.28. The molecule has 0 amide bonds. The molecule has 0 atom stereocenters. The lowest BCUT2D eigenvalue weighted by Crippen LogP contribution is -2.39. The van der Waals surface area contributed by atoms with Gasteiger partial charge in [0.2, 0.25) is 10.0 Å². The van der Waals surface area contributed by atoms with E-state index in [2.05, 4.69) is 31.7 Å². The van der Waals surface area contributed by atoms with Gasteiger partial charge in [-0.3, -0.25) is 0 Å². The van der Waals surface area contributed by atoms with Gasteiger partial charge >= 0.3 is 0 Å². The Hall–Kier alpha value is -2.89. The molecule has 0 aliphatic carbocycles. The first-order valence-corrected chi connectivity index (χ1v) is 11.4. The van der Waals surface area contributed by atoms with Crippen LogP contribution in [0.15, 0.2) is 41.9 Å². The third-order valence-corrected chi connectivity index (χ3v) is 7.00. The van der Waals surface area contributed by atoms with Gasteiger partial charge in [-0.05, 0) is 42.9 Å². The largest absolute Gasteiger partial charge is 0.381 e. The van der Waals surface area contributed by atoms with Crippen molar-refractivity contribution in [1.29, 1.82) is 0 Å². The molecule has 164 valence electrons. The number of anilines is 1. The highest BCUT2D eigenvalue weighted by atomic mass is 32.2. The molecule has 2 aromatic heterocycles. The zero-order chi connectivity index (χ0) is 22.1. The second-order valence-electron chi connectivity index (χ2n) is 8.03. The van der Waals surface area contributed by atoms with Crippen LogP contribution in [0.1, 0.15) is 25.3 Å². The number of hydrogen-bond acceptors (Lipinski definition) is 8. The highest BCUT2D eigenvalue weighted by Crippen LogP contribution is 2.30. The maximum absolute atomic E-state index is 13.0. The number of nitrogens with one attached hydrogen (secondary N) is 1. The number of sulfonamides is 1. The SMILES string of the molecule is Cc1ccc(S(=O)(=O)NCC2(C)CCOCC2)cc1-c1cnc(N)c(-n2cncn2)n1. The number of nitrogens with two attached hydrogens (primary N) is 1. The highest BCUT2D eigenvalue weighted by molar-refractivity contribution is 7.89. The van der Waals surface area contributed by atoms with E-state index < -0.39 is 10.0 Å².